The van der Waals surface area contributed by atoms with Gasteiger partial charge in [0.15, 0.2) is 0 Å². The number of nitrogen functional groups attached to an aromatic ring is 1. The van der Waals surface area contributed by atoms with Gasteiger partial charge in [0, 0.05) is 31.2 Å². The highest BCUT2D eigenvalue weighted by Crippen LogP contribution is 2.14. The summed E-state index contributed by atoms with van der Waals surface area (Å²) in [4.78, 5) is 18.2. The van der Waals surface area contributed by atoms with Crippen LogP contribution in [-0.4, -0.2) is 42.5 Å². The predicted molar refractivity (Wildman–Crippen MR) is 71.2 cm³/mol. The molecule has 1 aromatic rings. The van der Waals surface area contributed by atoms with Gasteiger partial charge in [-0.3, -0.25) is 9.78 Å². The average molecular weight is 248 g/mol. The van der Waals surface area contributed by atoms with E-state index in [9.17, 15) is 4.79 Å². The Balaban J connectivity index is 1.87. The summed E-state index contributed by atoms with van der Waals surface area (Å²) in [6, 6.07) is 1.64. The van der Waals surface area contributed by atoms with Crippen LogP contribution < -0.4 is 11.1 Å². The summed E-state index contributed by atoms with van der Waals surface area (Å²) in [7, 11) is 2.12. The van der Waals surface area contributed by atoms with E-state index in [0.29, 0.717) is 23.7 Å². The van der Waals surface area contributed by atoms with E-state index in [1.54, 1.807) is 12.3 Å². The lowest BCUT2D eigenvalue weighted by Crippen LogP contribution is -2.39. The zero-order valence-corrected chi connectivity index (χ0v) is 10.7. The molecule has 1 fully saturated rings. The van der Waals surface area contributed by atoms with E-state index in [4.69, 9.17) is 5.73 Å². The minimum absolute atomic E-state index is 0.131. The van der Waals surface area contributed by atoms with Crippen molar-refractivity contribution < 1.29 is 4.79 Å². The molecule has 2 heterocycles. The van der Waals surface area contributed by atoms with Crippen LogP contribution in [0.25, 0.3) is 0 Å². The molecule has 1 saturated heterocycles. The van der Waals surface area contributed by atoms with E-state index in [1.165, 1.54) is 19.0 Å². The quantitative estimate of drug-likeness (QED) is 0.827. The zero-order valence-electron chi connectivity index (χ0n) is 10.7. The Bertz CT molecular complexity index is 421. The van der Waals surface area contributed by atoms with Crippen LogP contribution in [0.5, 0.6) is 0 Å². The van der Waals surface area contributed by atoms with Crippen molar-refractivity contribution in [3.05, 3.63) is 24.0 Å². The molecule has 0 aromatic carbocycles. The van der Waals surface area contributed by atoms with E-state index < -0.39 is 0 Å². The van der Waals surface area contributed by atoms with Gasteiger partial charge in [0.05, 0.1) is 5.56 Å². The van der Waals surface area contributed by atoms with Gasteiger partial charge in [0.2, 0.25) is 0 Å². The van der Waals surface area contributed by atoms with E-state index in [2.05, 4.69) is 22.2 Å². The fourth-order valence-electron chi connectivity index (χ4n) is 2.37. The van der Waals surface area contributed by atoms with Crippen LogP contribution in [0.4, 0.5) is 5.69 Å². The molecule has 0 saturated carbocycles. The van der Waals surface area contributed by atoms with Crippen LogP contribution in [0.15, 0.2) is 18.5 Å². The van der Waals surface area contributed by atoms with E-state index in [0.717, 1.165) is 13.1 Å². The van der Waals surface area contributed by atoms with E-state index in [-0.39, 0.29) is 5.91 Å². The number of likely N-dealkylation sites (tertiary alicyclic amines) is 1. The van der Waals surface area contributed by atoms with Crippen molar-refractivity contribution in [2.75, 3.05) is 32.4 Å². The van der Waals surface area contributed by atoms with E-state index >= 15 is 0 Å². The highest BCUT2D eigenvalue weighted by Gasteiger charge is 2.18. The van der Waals surface area contributed by atoms with Gasteiger partial charge in [-0.1, -0.05) is 0 Å². The number of hydrogen-bond donors (Lipinski definition) is 2. The Hall–Kier alpha value is -1.62. The molecule has 5 heteroatoms. The summed E-state index contributed by atoms with van der Waals surface area (Å²) in [5.74, 6) is 0.402. The summed E-state index contributed by atoms with van der Waals surface area (Å²) in [5, 5.41) is 2.94. The Morgan fingerprint density at radius 2 is 2.50 bits per heavy atom. The van der Waals surface area contributed by atoms with Crippen molar-refractivity contribution in [2.24, 2.45) is 5.92 Å². The average Bonchev–Trinajstić information content (AvgIpc) is 2.37. The Morgan fingerprint density at radius 3 is 3.22 bits per heavy atom. The maximum absolute atomic E-state index is 11.9. The topological polar surface area (TPSA) is 71.2 Å². The number of nitrogens with two attached hydrogens (primary N) is 1. The second-order valence-corrected chi connectivity index (χ2v) is 4.94. The summed E-state index contributed by atoms with van der Waals surface area (Å²) < 4.78 is 0. The second kappa shape index (κ2) is 5.82. The van der Waals surface area contributed by atoms with Gasteiger partial charge in [0.1, 0.15) is 0 Å². The molecule has 3 N–H and O–H groups in total. The third kappa shape index (κ3) is 3.20. The lowest BCUT2D eigenvalue weighted by molar-refractivity contribution is 0.0937. The van der Waals surface area contributed by atoms with Gasteiger partial charge in [0.25, 0.3) is 5.91 Å². The van der Waals surface area contributed by atoms with Gasteiger partial charge in [-0.05, 0) is 38.4 Å². The number of nitrogens with one attached hydrogen (secondary N) is 1. The number of anilines is 1. The molecule has 0 radical (unpaired) electrons. The van der Waals surface area contributed by atoms with Crippen LogP contribution >= 0.6 is 0 Å². The van der Waals surface area contributed by atoms with Crippen molar-refractivity contribution in [3.8, 4) is 0 Å². The summed E-state index contributed by atoms with van der Waals surface area (Å²) in [6.07, 6.45) is 5.47. The minimum Gasteiger partial charge on any atom is -0.398 e. The van der Waals surface area contributed by atoms with Gasteiger partial charge >= 0.3 is 0 Å². The molecule has 5 nitrogen and oxygen atoms in total. The van der Waals surface area contributed by atoms with Crippen LogP contribution in [0.1, 0.15) is 23.2 Å². The first kappa shape index (κ1) is 12.8. The van der Waals surface area contributed by atoms with Gasteiger partial charge in [-0.25, -0.2) is 0 Å². The molecule has 1 unspecified atom stereocenters. The second-order valence-electron chi connectivity index (χ2n) is 4.94. The highest BCUT2D eigenvalue weighted by atomic mass is 16.1. The molecule has 98 valence electrons. The molecule has 1 amide bonds. The number of nitrogens with zero attached hydrogens (tertiary/aromatic N) is 2. The SMILES string of the molecule is CN1CCCC(CNC(=O)c2cnccc2N)C1. The number of rotatable bonds is 3. The van der Waals surface area contributed by atoms with Crippen molar-refractivity contribution >= 4 is 11.6 Å². The Morgan fingerprint density at radius 1 is 1.67 bits per heavy atom. The van der Waals surface area contributed by atoms with Crippen molar-refractivity contribution in [2.45, 2.75) is 12.8 Å². The summed E-state index contributed by atoms with van der Waals surface area (Å²) in [6.45, 7) is 2.90. The van der Waals surface area contributed by atoms with Gasteiger partial charge in [-0.2, -0.15) is 0 Å². The summed E-state index contributed by atoms with van der Waals surface area (Å²) in [5.41, 5.74) is 6.68. The standard InChI is InChI=1S/C13H20N4O/c1-17-6-2-3-10(9-17)7-16-13(18)11-8-15-5-4-12(11)14/h4-5,8,10H,2-3,6-7,9H2,1H3,(H2,14,15)(H,16,18). The Labute approximate surface area is 107 Å². The number of pyridine rings is 1. The van der Waals surface area contributed by atoms with E-state index in [1.807, 2.05) is 0 Å². The number of amides is 1. The molecule has 1 aliphatic rings. The lowest BCUT2D eigenvalue weighted by Gasteiger charge is -2.29. The highest BCUT2D eigenvalue weighted by molar-refractivity contribution is 5.98. The van der Waals surface area contributed by atoms with Crippen LogP contribution in [0.2, 0.25) is 0 Å². The number of carbonyl (C=O) groups excluding carboxylic acids is 1. The normalized spacial score (nSPS) is 20.6. The van der Waals surface area contributed by atoms with Crippen molar-refractivity contribution in [1.29, 1.82) is 0 Å². The van der Waals surface area contributed by atoms with Crippen LogP contribution in [0.3, 0.4) is 0 Å². The number of piperidine rings is 1. The molecule has 0 bridgehead atoms. The zero-order chi connectivity index (χ0) is 13.0. The molecule has 1 aliphatic heterocycles. The number of hydrogen-bond acceptors (Lipinski definition) is 4. The van der Waals surface area contributed by atoms with Gasteiger partial charge in [-0.15, -0.1) is 0 Å². The van der Waals surface area contributed by atoms with Gasteiger partial charge < -0.3 is 16.0 Å². The molecule has 18 heavy (non-hydrogen) atoms. The van der Waals surface area contributed by atoms with Crippen molar-refractivity contribution in [3.63, 3.8) is 0 Å². The number of carbonyl (C=O) groups is 1. The third-order valence-electron chi connectivity index (χ3n) is 3.37. The maximum Gasteiger partial charge on any atom is 0.254 e. The Kier molecular flexibility index (Phi) is 4.15. The molecular formula is C13H20N4O. The fourth-order valence-corrected chi connectivity index (χ4v) is 2.37. The number of aromatic nitrogens is 1. The molecule has 2 rings (SSSR count). The lowest BCUT2D eigenvalue weighted by atomic mass is 9.98. The third-order valence-corrected chi connectivity index (χ3v) is 3.37. The summed E-state index contributed by atoms with van der Waals surface area (Å²) >= 11 is 0. The minimum atomic E-state index is -0.131. The maximum atomic E-state index is 11.9. The monoisotopic (exact) mass is 248 g/mol. The molecule has 0 spiro atoms. The first-order valence-electron chi connectivity index (χ1n) is 6.33. The first-order chi connectivity index (χ1) is 8.66. The van der Waals surface area contributed by atoms with Crippen molar-refractivity contribution in [1.82, 2.24) is 15.2 Å². The molecule has 1 aromatic heterocycles. The molecule has 0 aliphatic carbocycles. The largest absolute Gasteiger partial charge is 0.398 e. The molecule has 1 atom stereocenters. The predicted octanol–water partition coefficient (Wildman–Crippen LogP) is 0.735. The fraction of sp³-hybridized carbons (Fsp3) is 0.538. The smallest absolute Gasteiger partial charge is 0.254 e. The van der Waals surface area contributed by atoms with Crippen LogP contribution in [0, 0.1) is 5.92 Å². The molecular weight excluding hydrogens is 228 g/mol. The van der Waals surface area contributed by atoms with Crippen LogP contribution in [-0.2, 0) is 0 Å². The first-order valence-corrected chi connectivity index (χ1v) is 6.33.